The zero-order valence-electron chi connectivity index (χ0n) is 17.2. The molecule has 148 valence electrons. The number of anilines is 1. The van der Waals surface area contributed by atoms with Gasteiger partial charge in [0.15, 0.2) is 11.3 Å². The van der Waals surface area contributed by atoms with E-state index in [1.54, 1.807) is 4.68 Å². The summed E-state index contributed by atoms with van der Waals surface area (Å²) in [5, 5.41) is 8.93. The predicted molar refractivity (Wildman–Crippen MR) is 108 cm³/mol. The maximum absolute atomic E-state index is 12.8. The summed E-state index contributed by atoms with van der Waals surface area (Å²) in [5.41, 5.74) is 4.33. The second-order valence-electron chi connectivity index (χ2n) is 7.74. The van der Waals surface area contributed by atoms with E-state index in [-0.39, 0.29) is 11.9 Å². The number of hydrogen-bond acceptors (Lipinski definition) is 5. The maximum atomic E-state index is 12.8. The van der Waals surface area contributed by atoms with Crippen molar-refractivity contribution in [3.63, 3.8) is 0 Å². The summed E-state index contributed by atoms with van der Waals surface area (Å²) in [4.78, 5) is 21.6. The van der Waals surface area contributed by atoms with Crippen LogP contribution in [0.25, 0.3) is 5.65 Å². The zero-order chi connectivity index (χ0) is 20.0. The van der Waals surface area contributed by atoms with Crippen molar-refractivity contribution in [3.8, 4) is 0 Å². The number of carbonyl (C=O) groups is 1. The molecule has 4 heterocycles. The molecule has 0 aromatic carbocycles. The van der Waals surface area contributed by atoms with Gasteiger partial charge in [0, 0.05) is 56.7 Å². The Kier molecular flexibility index (Phi) is 4.56. The van der Waals surface area contributed by atoms with Crippen molar-refractivity contribution in [2.24, 2.45) is 7.05 Å². The summed E-state index contributed by atoms with van der Waals surface area (Å²) in [6.07, 6.45) is 1.83. The first-order valence-corrected chi connectivity index (χ1v) is 9.70. The summed E-state index contributed by atoms with van der Waals surface area (Å²) in [6, 6.07) is 6.16. The largest absolute Gasteiger partial charge is 0.356 e. The summed E-state index contributed by atoms with van der Waals surface area (Å²) < 4.78 is 3.67. The van der Waals surface area contributed by atoms with Crippen LogP contribution >= 0.6 is 0 Å². The molecule has 0 saturated carbocycles. The standard InChI is InChI=1S/C20H27N7O/c1-13-11-19(27-18(21-13)10-14(2)22-27)26-8-6-16(7-9-26)24(4)20(28)17-12-15(3)25(5)23-17/h10-12,16H,6-9H2,1-5H3. The van der Waals surface area contributed by atoms with Crippen LogP contribution in [0.4, 0.5) is 5.82 Å². The van der Waals surface area contributed by atoms with Crippen LogP contribution in [0.1, 0.15) is 40.4 Å². The van der Waals surface area contributed by atoms with Crippen molar-refractivity contribution < 1.29 is 4.79 Å². The fourth-order valence-corrected chi connectivity index (χ4v) is 3.91. The molecule has 0 bridgehead atoms. The van der Waals surface area contributed by atoms with Crippen LogP contribution < -0.4 is 4.90 Å². The van der Waals surface area contributed by atoms with Gasteiger partial charge in [-0.05, 0) is 39.7 Å². The fraction of sp³-hybridized carbons (Fsp3) is 0.500. The predicted octanol–water partition coefficient (Wildman–Crippen LogP) is 2.13. The van der Waals surface area contributed by atoms with E-state index < -0.39 is 0 Å². The third-order valence-electron chi connectivity index (χ3n) is 5.65. The average Bonchev–Trinajstić information content (AvgIpc) is 3.21. The number of rotatable bonds is 3. The van der Waals surface area contributed by atoms with Gasteiger partial charge in [0.25, 0.3) is 5.91 Å². The van der Waals surface area contributed by atoms with Gasteiger partial charge in [-0.3, -0.25) is 9.48 Å². The highest BCUT2D eigenvalue weighted by molar-refractivity contribution is 5.92. The molecule has 4 rings (SSSR count). The number of aryl methyl sites for hydroxylation is 4. The minimum absolute atomic E-state index is 0.00741. The molecule has 1 aliphatic rings. The van der Waals surface area contributed by atoms with E-state index >= 15 is 0 Å². The van der Waals surface area contributed by atoms with Gasteiger partial charge in [0.05, 0.1) is 5.69 Å². The lowest BCUT2D eigenvalue weighted by atomic mass is 10.0. The SMILES string of the molecule is Cc1cc(N2CCC(N(C)C(=O)c3cc(C)n(C)n3)CC2)n2nc(C)cc2n1. The van der Waals surface area contributed by atoms with Gasteiger partial charge in [-0.15, -0.1) is 0 Å². The van der Waals surface area contributed by atoms with Gasteiger partial charge in [0.2, 0.25) is 0 Å². The van der Waals surface area contributed by atoms with Crippen LogP contribution in [0.5, 0.6) is 0 Å². The van der Waals surface area contributed by atoms with E-state index in [9.17, 15) is 4.79 Å². The summed E-state index contributed by atoms with van der Waals surface area (Å²) in [7, 11) is 3.75. The normalized spacial score (nSPS) is 15.4. The number of fused-ring (bicyclic) bond motifs is 1. The Balaban J connectivity index is 1.48. The number of nitrogens with zero attached hydrogens (tertiary/aromatic N) is 7. The third-order valence-corrected chi connectivity index (χ3v) is 5.65. The Labute approximate surface area is 164 Å². The highest BCUT2D eigenvalue weighted by Crippen LogP contribution is 2.24. The van der Waals surface area contributed by atoms with Crippen LogP contribution in [0.3, 0.4) is 0 Å². The highest BCUT2D eigenvalue weighted by atomic mass is 16.2. The molecule has 0 aliphatic carbocycles. The van der Waals surface area contributed by atoms with Crippen molar-refractivity contribution in [3.05, 3.63) is 41.0 Å². The summed E-state index contributed by atoms with van der Waals surface area (Å²) in [5.74, 6) is 1.07. The first kappa shape index (κ1) is 18.5. The molecule has 8 heteroatoms. The number of carbonyl (C=O) groups excluding carboxylic acids is 1. The molecule has 1 aliphatic heterocycles. The Bertz CT molecular complexity index is 1010. The molecule has 0 spiro atoms. The first-order valence-electron chi connectivity index (χ1n) is 9.70. The molecular weight excluding hydrogens is 354 g/mol. The minimum atomic E-state index is -0.00741. The van der Waals surface area contributed by atoms with E-state index in [0.29, 0.717) is 5.69 Å². The Hall–Kier alpha value is -2.90. The first-order chi connectivity index (χ1) is 13.3. The monoisotopic (exact) mass is 381 g/mol. The van der Waals surface area contributed by atoms with Crippen molar-refractivity contribution in [2.45, 2.75) is 39.7 Å². The average molecular weight is 381 g/mol. The van der Waals surface area contributed by atoms with E-state index in [2.05, 4.69) is 26.1 Å². The Morgan fingerprint density at radius 1 is 1.07 bits per heavy atom. The van der Waals surface area contributed by atoms with E-state index in [1.807, 2.05) is 56.4 Å². The van der Waals surface area contributed by atoms with E-state index in [0.717, 1.165) is 54.5 Å². The van der Waals surface area contributed by atoms with Crippen molar-refractivity contribution in [1.82, 2.24) is 29.3 Å². The molecule has 0 atom stereocenters. The maximum Gasteiger partial charge on any atom is 0.274 e. The molecule has 0 N–H and O–H groups in total. The van der Waals surface area contributed by atoms with Crippen LogP contribution in [-0.2, 0) is 7.05 Å². The van der Waals surface area contributed by atoms with E-state index in [4.69, 9.17) is 0 Å². The molecule has 1 amide bonds. The van der Waals surface area contributed by atoms with Gasteiger partial charge in [-0.25, -0.2) is 4.98 Å². The second kappa shape index (κ2) is 6.92. The Morgan fingerprint density at radius 2 is 1.79 bits per heavy atom. The lowest BCUT2D eigenvalue weighted by Crippen LogP contribution is -2.46. The van der Waals surface area contributed by atoms with Gasteiger partial charge in [0.1, 0.15) is 5.82 Å². The number of aromatic nitrogens is 5. The molecule has 1 fully saturated rings. The smallest absolute Gasteiger partial charge is 0.274 e. The summed E-state index contributed by atoms with van der Waals surface area (Å²) in [6.45, 7) is 7.71. The zero-order valence-corrected chi connectivity index (χ0v) is 17.2. The minimum Gasteiger partial charge on any atom is -0.356 e. The molecule has 0 unspecified atom stereocenters. The Morgan fingerprint density at radius 3 is 2.43 bits per heavy atom. The molecule has 1 saturated heterocycles. The lowest BCUT2D eigenvalue weighted by Gasteiger charge is -2.37. The number of amides is 1. The van der Waals surface area contributed by atoms with Gasteiger partial charge >= 0.3 is 0 Å². The molecule has 28 heavy (non-hydrogen) atoms. The van der Waals surface area contributed by atoms with Gasteiger partial charge < -0.3 is 9.80 Å². The van der Waals surface area contributed by atoms with Crippen LogP contribution in [0.2, 0.25) is 0 Å². The van der Waals surface area contributed by atoms with E-state index in [1.165, 1.54) is 0 Å². The highest BCUT2D eigenvalue weighted by Gasteiger charge is 2.28. The third kappa shape index (κ3) is 3.23. The van der Waals surface area contributed by atoms with Gasteiger partial charge in [-0.2, -0.15) is 14.7 Å². The van der Waals surface area contributed by atoms with Crippen LogP contribution in [0, 0.1) is 20.8 Å². The molecule has 0 radical (unpaired) electrons. The van der Waals surface area contributed by atoms with Crippen molar-refractivity contribution in [1.29, 1.82) is 0 Å². The lowest BCUT2D eigenvalue weighted by molar-refractivity contribution is 0.0702. The fourth-order valence-electron chi connectivity index (χ4n) is 3.91. The van der Waals surface area contributed by atoms with Crippen LogP contribution in [0.15, 0.2) is 18.2 Å². The quantitative estimate of drug-likeness (QED) is 0.695. The molecule has 3 aromatic rings. The van der Waals surface area contributed by atoms with Gasteiger partial charge in [-0.1, -0.05) is 0 Å². The number of piperidine rings is 1. The molecule has 3 aromatic heterocycles. The molecular formula is C20H27N7O. The molecule has 8 nitrogen and oxygen atoms in total. The summed E-state index contributed by atoms with van der Waals surface area (Å²) >= 11 is 0. The topological polar surface area (TPSA) is 71.6 Å². The van der Waals surface area contributed by atoms with Crippen LogP contribution in [-0.4, -0.2) is 61.4 Å². The van der Waals surface area contributed by atoms with Crippen molar-refractivity contribution in [2.75, 3.05) is 25.0 Å². The van der Waals surface area contributed by atoms with Crippen molar-refractivity contribution >= 4 is 17.4 Å². The number of hydrogen-bond donors (Lipinski definition) is 0. The second-order valence-corrected chi connectivity index (χ2v) is 7.74.